The second-order valence-corrected chi connectivity index (χ2v) is 5.14. The molecule has 0 spiro atoms. The molecule has 110 valence electrons. The second-order valence-electron chi connectivity index (χ2n) is 4.15. The molecule has 20 heavy (non-hydrogen) atoms. The fourth-order valence-corrected chi connectivity index (χ4v) is 2.06. The van der Waals surface area contributed by atoms with Crippen LogP contribution in [0.5, 0.6) is 0 Å². The zero-order valence-corrected chi connectivity index (χ0v) is 12.5. The summed E-state index contributed by atoms with van der Waals surface area (Å²) >= 11 is 1.62. The van der Waals surface area contributed by atoms with Gasteiger partial charge in [0.05, 0.1) is 0 Å². The monoisotopic (exact) mass is 296 g/mol. The van der Waals surface area contributed by atoms with Crippen molar-refractivity contribution in [2.75, 3.05) is 19.1 Å². The molecule has 2 N–H and O–H groups in total. The number of rotatable bonds is 7. The summed E-state index contributed by atoms with van der Waals surface area (Å²) in [5.74, 6) is 0.576. The molecule has 0 saturated heterocycles. The normalized spacial score (nSPS) is 11.5. The van der Waals surface area contributed by atoms with Gasteiger partial charge in [0.1, 0.15) is 12.6 Å². The van der Waals surface area contributed by atoms with Crippen molar-refractivity contribution >= 4 is 23.8 Å². The van der Waals surface area contributed by atoms with Gasteiger partial charge in [-0.3, -0.25) is 4.79 Å². The Hall–Kier alpha value is -1.69. The number of nitrogens with one attached hydrogen (secondary N) is 2. The first-order chi connectivity index (χ1) is 9.67. The lowest BCUT2D eigenvalue weighted by atomic mass is 10.2. The van der Waals surface area contributed by atoms with Gasteiger partial charge in [-0.2, -0.15) is 11.8 Å². The van der Waals surface area contributed by atoms with Gasteiger partial charge in [-0.05, 0) is 24.0 Å². The zero-order chi connectivity index (χ0) is 14.8. The van der Waals surface area contributed by atoms with E-state index in [4.69, 9.17) is 4.74 Å². The van der Waals surface area contributed by atoms with Gasteiger partial charge in [0.2, 0.25) is 5.91 Å². The van der Waals surface area contributed by atoms with Crippen LogP contribution in [0, 0.1) is 0 Å². The van der Waals surface area contributed by atoms with Crippen molar-refractivity contribution < 1.29 is 14.3 Å². The van der Waals surface area contributed by atoms with Gasteiger partial charge in [-0.1, -0.05) is 30.3 Å². The van der Waals surface area contributed by atoms with E-state index in [-0.39, 0.29) is 12.5 Å². The predicted molar refractivity (Wildman–Crippen MR) is 80.6 cm³/mol. The number of hydrogen-bond donors (Lipinski definition) is 2. The van der Waals surface area contributed by atoms with Crippen LogP contribution in [0.25, 0.3) is 0 Å². The highest BCUT2D eigenvalue weighted by molar-refractivity contribution is 7.98. The summed E-state index contributed by atoms with van der Waals surface area (Å²) in [6.45, 7) is 0.190. The van der Waals surface area contributed by atoms with Crippen LogP contribution in [0.15, 0.2) is 30.3 Å². The molecule has 0 aliphatic rings. The molecular weight excluding hydrogens is 276 g/mol. The number of benzene rings is 1. The Bertz CT molecular complexity index is 426. The fraction of sp³-hybridized carbons (Fsp3) is 0.429. The average Bonchev–Trinajstić information content (AvgIpc) is 2.49. The Labute approximate surface area is 123 Å². The predicted octanol–water partition coefficient (Wildman–Crippen LogP) is 1.78. The fourth-order valence-electron chi connectivity index (χ4n) is 1.59. The summed E-state index contributed by atoms with van der Waals surface area (Å²) in [7, 11) is 1.55. The average molecular weight is 296 g/mol. The summed E-state index contributed by atoms with van der Waals surface area (Å²) in [4.78, 5) is 23.3. The van der Waals surface area contributed by atoms with Crippen molar-refractivity contribution in [1.82, 2.24) is 10.6 Å². The molecule has 0 bridgehead atoms. The first-order valence-corrected chi connectivity index (χ1v) is 7.74. The highest BCUT2D eigenvalue weighted by atomic mass is 32.2. The van der Waals surface area contributed by atoms with Crippen molar-refractivity contribution in [2.24, 2.45) is 0 Å². The van der Waals surface area contributed by atoms with Crippen LogP contribution < -0.4 is 10.6 Å². The van der Waals surface area contributed by atoms with Crippen LogP contribution in [0.2, 0.25) is 0 Å². The zero-order valence-electron chi connectivity index (χ0n) is 11.7. The molecule has 2 amide bonds. The standard InChI is InChI=1S/C14H20N2O3S/c1-15-13(17)12(8-9-20-2)16-14(18)19-10-11-6-4-3-5-7-11/h3-7,12H,8-10H2,1-2H3,(H,15,17)(H,16,18). The van der Waals surface area contributed by atoms with Crippen LogP contribution in [-0.4, -0.2) is 37.1 Å². The molecule has 1 unspecified atom stereocenters. The van der Waals surface area contributed by atoms with E-state index >= 15 is 0 Å². The molecule has 1 rings (SSSR count). The smallest absolute Gasteiger partial charge is 0.408 e. The van der Waals surface area contributed by atoms with Gasteiger partial charge in [-0.25, -0.2) is 4.79 Å². The van der Waals surface area contributed by atoms with Crippen molar-refractivity contribution in [2.45, 2.75) is 19.1 Å². The third-order valence-corrected chi connectivity index (χ3v) is 3.32. The Kier molecular flexibility index (Phi) is 7.57. The lowest BCUT2D eigenvalue weighted by Gasteiger charge is -2.16. The van der Waals surface area contributed by atoms with Gasteiger partial charge in [0, 0.05) is 7.05 Å². The summed E-state index contributed by atoms with van der Waals surface area (Å²) in [5, 5.41) is 5.12. The number of ether oxygens (including phenoxy) is 1. The molecule has 0 aliphatic carbocycles. The van der Waals surface area contributed by atoms with E-state index in [1.54, 1.807) is 18.8 Å². The van der Waals surface area contributed by atoms with Crippen molar-refractivity contribution in [3.05, 3.63) is 35.9 Å². The molecule has 1 aromatic rings. The number of thioether (sulfide) groups is 1. The Balaban J connectivity index is 2.43. The van der Waals surface area contributed by atoms with Crippen molar-refractivity contribution in [3.63, 3.8) is 0 Å². The highest BCUT2D eigenvalue weighted by Crippen LogP contribution is 2.03. The lowest BCUT2D eigenvalue weighted by Crippen LogP contribution is -2.46. The summed E-state index contributed by atoms with van der Waals surface area (Å²) in [5.41, 5.74) is 0.906. The number of alkyl carbamates (subject to hydrolysis) is 1. The SMILES string of the molecule is CNC(=O)C(CCSC)NC(=O)OCc1ccccc1. The minimum absolute atomic E-state index is 0.190. The van der Waals surface area contributed by atoms with Crippen molar-refractivity contribution in [1.29, 1.82) is 0 Å². The van der Waals surface area contributed by atoms with E-state index < -0.39 is 12.1 Å². The maximum atomic E-state index is 11.7. The molecule has 1 aromatic carbocycles. The maximum Gasteiger partial charge on any atom is 0.408 e. The van der Waals surface area contributed by atoms with Crippen LogP contribution >= 0.6 is 11.8 Å². The van der Waals surface area contributed by atoms with Gasteiger partial charge in [0.25, 0.3) is 0 Å². The Morgan fingerprint density at radius 2 is 2.00 bits per heavy atom. The molecule has 0 radical (unpaired) electrons. The number of likely N-dealkylation sites (N-methyl/N-ethyl adjacent to an activating group) is 1. The summed E-state index contributed by atoms with van der Waals surface area (Å²) < 4.78 is 5.10. The summed E-state index contributed by atoms with van der Waals surface area (Å²) in [6, 6.07) is 8.84. The van der Waals surface area contributed by atoms with E-state index in [2.05, 4.69) is 10.6 Å². The molecule has 0 heterocycles. The van der Waals surface area contributed by atoms with E-state index in [1.165, 1.54) is 0 Å². The minimum Gasteiger partial charge on any atom is -0.445 e. The number of hydrogen-bond acceptors (Lipinski definition) is 4. The molecular formula is C14H20N2O3S. The number of amides is 2. The van der Waals surface area contributed by atoms with Gasteiger partial charge in [-0.15, -0.1) is 0 Å². The first kappa shape index (κ1) is 16.4. The minimum atomic E-state index is -0.580. The number of carbonyl (C=O) groups is 2. The molecule has 0 fully saturated rings. The van der Waals surface area contributed by atoms with Crippen LogP contribution in [0.1, 0.15) is 12.0 Å². The quantitative estimate of drug-likeness (QED) is 0.805. The molecule has 0 aliphatic heterocycles. The first-order valence-electron chi connectivity index (χ1n) is 6.35. The third-order valence-electron chi connectivity index (χ3n) is 2.68. The Morgan fingerprint density at radius 3 is 2.60 bits per heavy atom. The van der Waals surface area contributed by atoms with Crippen molar-refractivity contribution in [3.8, 4) is 0 Å². The largest absolute Gasteiger partial charge is 0.445 e. The van der Waals surface area contributed by atoms with E-state index in [1.807, 2.05) is 36.6 Å². The van der Waals surface area contributed by atoms with Gasteiger partial charge >= 0.3 is 6.09 Å². The van der Waals surface area contributed by atoms with Gasteiger partial charge < -0.3 is 15.4 Å². The molecule has 6 heteroatoms. The molecule has 0 aromatic heterocycles. The maximum absolute atomic E-state index is 11.7. The van der Waals surface area contributed by atoms with Crippen LogP contribution in [0.4, 0.5) is 4.79 Å². The highest BCUT2D eigenvalue weighted by Gasteiger charge is 2.19. The number of carbonyl (C=O) groups excluding carboxylic acids is 2. The molecule has 1 atom stereocenters. The van der Waals surface area contributed by atoms with E-state index in [0.29, 0.717) is 6.42 Å². The third kappa shape index (κ3) is 5.97. The summed E-state index contributed by atoms with van der Waals surface area (Å²) in [6.07, 6.45) is 1.94. The lowest BCUT2D eigenvalue weighted by molar-refractivity contribution is -0.122. The van der Waals surface area contributed by atoms with Crippen LogP contribution in [-0.2, 0) is 16.1 Å². The molecule has 5 nitrogen and oxygen atoms in total. The Morgan fingerprint density at radius 1 is 1.30 bits per heavy atom. The molecule has 0 saturated carbocycles. The van der Waals surface area contributed by atoms with Crippen LogP contribution in [0.3, 0.4) is 0 Å². The van der Waals surface area contributed by atoms with Gasteiger partial charge in [0.15, 0.2) is 0 Å². The van der Waals surface area contributed by atoms with E-state index in [0.717, 1.165) is 11.3 Å². The van der Waals surface area contributed by atoms with E-state index in [9.17, 15) is 9.59 Å². The topological polar surface area (TPSA) is 67.4 Å². The second kappa shape index (κ2) is 9.25.